The summed E-state index contributed by atoms with van der Waals surface area (Å²) in [6, 6.07) is 12.0. The lowest BCUT2D eigenvalue weighted by molar-refractivity contribution is 0.00578. The van der Waals surface area contributed by atoms with Crippen LogP contribution >= 0.6 is 0 Å². The van der Waals surface area contributed by atoms with Gasteiger partial charge >= 0.3 is 7.12 Å². The van der Waals surface area contributed by atoms with Gasteiger partial charge in [0.05, 0.1) is 11.2 Å². The van der Waals surface area contributed by atoms with E-state index in [0.717, 1.165) is 0 Å². The number of rotatable bonds is 1. The van der Waals surface area contributed by atoms with Crippen molar-refractivity contribution in [2.45, 2.75) is 38.9 Å². The van der Waals surface area contributed by atoms with Crippen LogP contribution in [-0.4, -0.2) is 24.1 Å². The highest BCUT2D eigenvalue weighted by Crippen LogP contribution is 2.45. The number of halogens is 1. The highest BCUT2D eigenvalue weighted by Gasteiger charge is 2.54. The van der Waals surface area contributed by atoms with E-state index in [9.17, 15) is 4.79 Å². The van der Waals surface area contributed by atoms with Crippen molar-refractivity contribution in [1.29, 1.82) is 0 Å². The third kappa shape index (κ3) is 2.55. The molecule has 0 spiro atoms. The molecule has 1 saturated heterocycles. The summed E-state index contributed by atoms with van der Waals surface area (Å²) in [5.41, 5.74) is 6.56. The van der Waals surface area contributed by atoms with Gasteiger partial charge in [0.15, 0.2) is 5.78 Å². The van der Waals surface area contributed by atoms with Crippen LogP contribution < -0.4 is 5.73 Å². The molecule has 1 aliphatic heterocycles. The first kappa shape index (κ1) is 18.0. The van der Waals surface area contributed by atoms with Gasteiger partial charge in [-0.3, -0.25) is 4.79 Å². The van der Waals surface area contributed by atoms with Gasteiger partial charge in [0, 0.05) is 28.0 Å². The Morgan fingerprint density at radius 2 is 1.48 bits per heavy atom. The summed E-state index contributed by atoms with van der Waals surface area (Å²) in [7, 11) is -1.17. The van der Waals surface area contributed by atoms with E-state index in [2.05, 4.69) is 0 Å². The molecule has 2 aromatic carbocycles. The van der Waals surface area contributed by atoms with Crippen LogP contribution in [0.4, 0.5) is 10.1 Å². The van der Waals surface area contributed by atoms with E-state index < -0.39 is 24.0 Å². The maximum absolute atomic E-state index is 15.8. The van der Waals surface area contributed by atoms with E-state index in [1.165, 1.54) is 0 Å². The summed E-state index contributed by atoms with van der Waals surface area (Å²) in [6.45, 7) is 7.47. The average Bonchev–Trinajstić information content (AvgIpc) is 2.83. The minimum atomic E-state index is -1.17. The summed E-state index contributed by atoms with van der Waals surface area (Å²) in [6.07, 6.45) is 0. The Hall–Kier alpha value is -2.44. The number of carbonyl (C=O) groups excluding carboxylic acids is 1. The zero-order chi connectivity index (χ0) is 19.6. The highest BCUT2D eigenvalue weighted by molar-refractivity contribution is 6.56. The number of fused-ring (bicyclic) bond motifs is 2. The maximum Gasteiger partial charge on any atom is 0.525 e. The number of nitrogens with two attached hydrogens (primary N) is 1. The minimum absolute atomic E-state index is 0.168. The topological polar surface area (TPSA) is 61.5 Å². The van der Waals surface area contributed by atoms with Gasteiger partial charge in [-0.25, -0.2) is 4.39 Å². The molecule has 1 heterocycles. The normalized spacial score (nSPS) is 21.7. The molecule has 4 nitrogen and oxygen atoms in total. The van der Waals surface area contributed by atoms with Crippen LogP contribution in [0.1, 0.15) is 54.7 Å². The fourth-order valence-electron chi connectivity index (χ4n) is 3.53. The number of ketones is 1. The number of benzene rings is 2. The molecule has 138 valence electrons. The summed E-state index contributed by atoms with van der Waals surface area (Å²) in [4.78, 5) is 12.9. The van der Waals surface area contributed by atoms with Crippen molar-refractivity contribution < 1.29 is 18.5 Å². The number of carbonyl (C=O) groups is 1. The van der Waals surface area contributed by atoms with Crippen molar-refractivity contribution >= 4 is 24.2 Å². The van der Waals surface area contributed by atoms with Gasteiger partial charge in [0.2, 0.25) is 0 Å². The first-order valence-corrected chi connectivity index (χ1v) is 8.92. The fourth-order valence-corrected chi connectivity index (χ4v) is 3.53. The molecule has 6 heteroatoms. The summed E-state index contributed by atoms with van der Waals surface area (Å²) in [5, 5.41) is 0. The first-order chi connectivity index (χ1) is 12.6. The van der Waals surface area contributed by atoms with Crippen LogP contribution in [0.5, 0.6) is 0 Å². The standard InChI is InChI=1S/C21H21BFNO3/c1-20(2)21(3,4)27-22(26-20)19(23)17-12-8-5-6-9-13(12)18(25)14-10-7-11-15(24)16(14)17/h5-11H,24H2,1-4H3. The summed E-state index contributed by atoms with van der Waals surface area (Å²) >= 11 is 0. The molecule has 1 aliphatic carbocycles. The third-order valence-corrected chi connectivity index (χ3v) is 5.73. The van der Waals surface area contributed by atoms with Crippen LogP contribution in [-0.2, 0) is 9.31 Å². The Balaban J connectivity index is 1.97. The predicted octanol–water partition coefficient (Wildman–Crippen LogP) is 4.17. The molecule has 0 amide bonds. The van der Waals surface area contributed by atoms with Crippen molar-refractivity contribution in [3.05, 3.63) is 70.4 Å². The molecule has 4 rings (SSSR count). The van der Waals surface area contributed by atoms with E-state index in [1.54, 1.807) is 42.5 Å². The largest absolute Gasteiger partial charge is 0.525 e. The van der Waals surface area contributed by atoms with Crippen LogP contribution in [0.3, 0.4) is 0 Å². The van der Waals surface area contributed by atoms with Gasteiger partial charge in [-0.15, -0.1) is 0 Å². The van der Waals surface area contributed by atoms with Crippen molar-refractivity contribution in [1.82, 2.24) is 0 Å². The zero-order valence-electron chi connectivity index (χ0n) is 15.8. The minimum Gasteiger partial charge on any atom is -0.398 e. The average molecular weight is 365 g/mol. The van der Waals surface area contributed by atoms with Crippen LogP contribution in [0.2, 0.25) is 0 Å². The molecule has 2 N–H and O–H groups in total. The Labute approximate surface area is 158 Å². The number of anilines is 1. The Kier molecular flexibility index (Phi) is 3.84. The lowest BCUT2D eigenvalue weighted by Crippen LogP contribution is -2.41. The molecule has 2 aromatic rings. The Morgan fingerprint density at radius 3 is 2.11 bits per heavy atom. The second kappa shape index (κ2) is 5.78. The van der Waals surface area contributed by atoms with Crippen molar-refractivity contribution in [3.63, 3.8) is 0 Å². The third-order valence-electron chi connectivity index (χ3n) is 5.73. The van der Waals surface area contributed by atoms with Gasteiger partial charge in [-0.1, -0.05) is 36.4 Å². The second-order valence-corrected chi connectivity index (χ2v) is 7.96. The smallest absolute Gasteiger partial charge is 0.398 e. The molecule has 27 heavy (non-hydrogen) atoms. The number of nitrogen functional groups attached to an aromatic ring is 1. The predicted molar refractivity (Wildman–Crippen MR) is 104 cm³/mol. The van der Waals surface area contributed by atoms with E-state index >= 15 is 4.39 Å². The molecule has 2 aliphatic rings. The molecule has 0 atom stereocenters. The SMILES string of the molecule is CC1(C)OB(C(F)=C2c3ccccc3C(=O)c3cccc(N)c32)OC1(C)C. The van der Waals surface area contributed by atoms with Gasteiger partial charge in [0.25, 0.3) is 0 Å². The number of hydrogen-bond donors (Lipinski definition) is 1. The molecule has 0 radical (unpaired) electrons. The van der Waals surface area contributed by atoms with Crippen molar-refractivity contribution in [2.24, 2.45) is 0 Å². The Morgan fingerprint density at radius 1 is 0.926 bits per heavy atom. The van der Waals surface area contributed by atoms with Gasteiger partial charge in [-0.2, -0.15) is 0 Å². The van der Waals surface area contributed by atoms with Crippen LogP contribution in [0, 0.1) is 0 Å². The fraction of sp³-hybridized carbons (Fsp3) is 0.286. The molecule has 0 unspecified atom stereocenters. The summed E-state index contributed by atoms with van der Waals surface area (Å²) < 4.78 is 27.6. The quantitative estimate of drug-likeness (QED) is 0.519. The molecule has 0 aromatic heterocycles. The lowest BCUT2D eigenvalue weighted by Gasteiger charge is -2.32. The van der Waals surface area contributed by atoms with Gasteiger partial charge in [0.1, 0.15) is 5.73 Å². The van der Waals surface area contributed by atoms with Crippen LogP contribution in [0.25, 0.3) is 5.57 Å². The van der Waals surface area contributed by atoms with E-state index in [1.807, 2.05) is 27.7 Å². The monoisotopic (exact) mass is 365 g/mol. The van der Waals surface area contributed by atoms with E-state index in [-0.39, 0.29) is 11.4 Å². The molecular formula is C21H21BFNO3. The van der Waals surface area contributed by atoms with Crippen LogP contribution in [0.15, 0.2) is 48.2 Å². The molecule has 1 fully saturated rings. The zero-order valence-corrected chi connectivity index (χ0v) is 15.8. The van der Waals surface area contributed by atoms with Gasteiger partial charge < -0.3 is 15.0 Å². The number of hydrogen-bond acceptors (Lipinski definition) is 4. The highest BCUT2D eigenvalue weighted by atomic mass is 19.1. The molecular weight excluding hydrogens is 344 g/mol. The van der Waals surface area contributed by atoms with Crippen molar-refractivity contribution in [2.75, 3.05) is 5.73 Å². The van der Waals surface area contributed by atoms with E-state index in [0.29, 0.717) is 27.9 Å². The molecule has 0 bridgehead atoms. The second-order valence-electron chi connectivity index (χ2n) is 7.96. The van der Waals surface area contributed by atoms with Crippen molar-refractivity contribution in [3.8, 4) is 0 Å². The Bertz CT molecular complexity index is 981. The summed E-state index contributed by atoms with van der Waals surface area (Å²) in [5.74, 6) is -0.168. The molecule has 0 saturated carbocycles. The maximum atomic E-state index is 15.8. The van der Waals surface area contributed by atoms with Gasteiger partial charge in [-0.05, 0) is 39.3 Å². The van der Waals surface area contributed by atoms with E-state index in [4.69, 9.17) is 15.0 Å². The lowest BCUT2D eigenvalue weighted by atomic mass is 9.74. The first-order valence-electron chi connectivity index (χ1n) is 8.92.